The highest BCUT2D eigenvalue weighted by Gasteiger charge is 2.34. The molecule has 2 aromatic heterocycles. The van der Waals surface area contributed by atoms with Crippen LogP contribution in [0.1, 0.15) is 71.0 Å². The lowest BCUT2D eigenvalue weighted by molar-refractivity contribution is -0.384. The monoisotopic (exact) mass is 774 g/mol. The van der Waals surface area contributed by atoms with Gasteiger partial charge in [-0.2, -0.15) is 5.10 Å². The van der Waals surface area contributed by atoms with E-state index in [9.17, 15) is 29.3 Å². The summed E-state index contributed by atoms with van der Waals surface area (Å²) >= 11 is 0. The molecular weight excluding hydrogens is 728 g/mol. The molecular formula is C37H46N10O9. The van der Waals surface area contributed by atoms with Crippen molar-refractivity contribution in [2.45, 2.75) is 65.8 Å². The number of hydrogen-bond donors (Lipinski definition) is 4. The van der Waals surface area contributed by atoms with Gasteiger partial charge >= 0.3 is 6.09 Å². The van der Waals surface area contributed by atoms with Crippen molar-refractivity contribution in [1.29, 1.82) is 0 Å². The van der Waals surface area contributed by atoms with E-state index in [4.69, 9.17) is 25.7 Å². The van der Waals surface area contributed by atoms with Crippen molar-refractivity contribution >= 4 is 52.2 Å². The molecule has 4 aromatic rings. The van der Waals surface area contributed by atoms with E-state index in [2.05, 4.69) is 20.7 Å². The van der Waals surface area contributed by atoms with Gasteiger partial charge in [-0.1, -0.05) is 12.2 Å². The quantitative estimate of drug-likeness (QED) is 0.0514. The summed E-state index contributed by atoms with van der Waals surface area (Å²) in [5.41, 5.74) is 12.2. The van der Waals surface area contributed by atoms with Crippen molar-refractivity contribution in [3.05, 3.63) is 81.2 Å². The number of nitrogens with two attached hydrogens (primary N) is 2. The lowest BCUT2D eigenvalue weighted by Gasteiger charge is -2.39. The van der Waals surface area contributed by atoms with Crippen LogP contribution in [0.25, 0.3) is 11.0 Å². The molecule has 1 fully saturated rings. The van der Waals surface area contributed by atoms with E-state index < -0.39 is 40.0 Å². The zero-order valence-corrected chi connectivity index (χ0v) is 31.9. The standard InChI is InChI=1S/C37H46N10O9/c1-6-46-29(16-22(2)43-46)34(50)42-35-41-26-17-23(32(38)48)10-11-27(26)45(35)13-8-7-12-40-31-28(47(52)53)18-24(33(39)49)19-30(31)55-15-9-14-54-25-20-44(21-25)36(51)56-37(3,4)5/h7-8,10-11,16-19,25,40H,6,9,12-15,20-21H2,1-5H3,(H2,38,48)(H2,39,49)(H,41,42,50)/b8-7+. The number of primary amides is 2. The van der Waals surface area contributed by atoms with Gasteiger partial charge in [0.15, 0.2) is 5.69 Å². The summed E-state index contributed by atoms with van der Waals surface area (Å²) in [6.07, 6.45) is 3.34. The predicted octanol–water partition coefficient (Wildman–Crippen LogP) is 3.99. The molecule has 298 valence electrons. The predicted molar refractivity (Wildman–Crippen MR) is 206 cm³/mol. The normalized spacial score (nSPS) is 13.1. The molecule has 0 aliphatic carbocycles. The van der Waals surface area contributed by atoms with Crippen LogP contribution >= 0.6 is 0 Å². The van der Waals surface area contributed by atoms with E-state index in [1.165, 1.54) is 12.1 Å². The minimum Gasteiger partial charge on any atom is -0.491 e. The van der Waals surface area contributed by atoms with Crippen LogP contribution in [0.4, 0.5) is 22.1 Å². The lowest BCUT2D eigenvalue weighted by Crippen LogP contribution is -2.56. The van der Waals surface area contributed by atoms with Gasteiger partial charge in [-0.15, -0.1) is 0 Å². The summed E-state index contributed by atoms with van der Waals surface area (Å²) in [7, 11) is 0. The maximum absolute atomic E-state index is 13.3. The second-order valence-electron chi connectivity index (χ2n) is 14.0. The third-order valence-electron chi connectivity index (χ3n) is 8.51. The molecule has 1 saturated heterocycles. The molecule has 0 atom stereocenters. The SMILES string of the molecule is CCn1nc(C)cc1C(=O)Nc1nc2cc(C(N)=O)ccc2n1C/C=C/CNc1c(OCCCOC2CN(C(=O)OC(C)(C)C)C2)cc(C(N)=O)cc1[N+](=O)[O-]. The van der Waals surface area contributed by atoms with Gasteiger partial charge in [0, 0.05) is 43.2 Å². The molecule has 0 bridgehead atoms. The number of anilines is 2. The first-order chi connectivity index (χ1) is 26.5. The first kappa shape index (κ1) is 40.7. The summed E-state index contributed by atoms with van der Waals surface area (Å²) < 4.78 is 20.4. The molecule has 0 radical (unpaired) electrons. The number of carbonyl (C=O) groups excluding carboxylic acids is 4. The van der Waals surface area contributed by atoms with Crippen LogP contribution in [0.5, 0.6) is 5.75 Å². The van der Waals surface area contributed by atoms with Crippen molar-refractivity contribution in [2.24, 2.45) is 11.5 Å². The molecule has 2 aromatic carbocycles. The molecule has 0 spiro atoms. The molecule has 1 aliphatic heterocycles. The number of carbonyl (C=O) groups is 4. The summed E-state index contributed by atoms with van der Waals surface area (Å²) in [5.74, 6) is -1.65. The number of fused-ring (bicyclic) bond motifs is 1. The zero-order chi connectivity index (χ0) is 40.7. The largest absolute Gasteiger partial charge is 0.491 e. The van der Waals surface area contributed by atoms with Crippen LogP contribution in [-0.2, 0) is 22.6 Å². The number of amides is 4. The minimum absolute atomic E-state index is 0.0420. The summed E-state index contributed by atoms with van der Waals surface area (Å²) in [6.45, 7) is 11.0. The van der Waals surface area contributed by atoms with Crippen molar-refractivity contribution in [3.8, 4) is 5.75 Å². The van der Waals surface area contributed by atoms with Gasteiger partial charge in [-0.05, 0) is 65.0 Å². The van der Waals surface area contributed by atoms with E-state index in [1.54, 1.807) is 72.2 Å². The Bertz CT molecular complexity index is 2160. The molecule has 6 N–H and O–H groups in total. The van der Waals surface area contributed by atoms with Gasteiger partial charge in [0.05, 0.1) is 54.1 Å². The number of ether oxygens (including phenoxy) is 3. The number of nitro groups is 1. The van der Waals surface area contributed by atoms with Gasteiger partial charge in [0.2, 0.25) is 17.8 Å². The van der Waals surface area contributed by atoms with E-state index in [1.807, 2.05) is 6.92 Å². The Labute approximate surface area is 322 Å². The fourth-order valence-corrected chi connectivity index (χ4v) is 5.81. The number of allylic oxidation sites excluding steroid dienone is 1. The molecule has 19 nitrogen and oxygen atoms in total. The summed E-state index contributed by atoms with van der Waals surface area (Å²) in [6, 6.07) is 8.86. The Morgan fingerprint density at radius 1 is 1.04 bits per heavy atom. The maximum Gasteiger partial charge on any atom is 0.410 e. The number of nitro benzene ring substituents is 1. The van der Waals surface area contributed by atoms with Gasteiger partial charge in [0.1, 0.15) is 17.0 Å². The second-order valence-corrected chi connectivity index (χ2v) is 14.0. The minimum atomic E-state index is -0.861. The molecule has 19 heteroatoms. The van der Waals surface area contributed by atoms with Crippen LogP contribution in [0.3, 0.4) is 0 Å². The average molecular weight is 775 g/mol. The summed E-state index contributed by atoms with van der Waals surface area (Å²) in [4.78, 5) is 66.9. The Kier molecular flexibility index (Phi) is 12.6. The average Bonchev–Trinajstić information content (AvgIpc) is 3.66. The van der Waals surface area contributed by atoms with Crippen molar-refractivity contribution < 1.29 is 38.3 Å². The van der Waals surface area contributed by atoms with E-state index in [0.717, 1.165) is 6.07 Å². The molecule has 3 heterocycles. The lowest BCUT2D eigenvalue weighted by atomic mass is 10.1. The van der Waals surface area contributed by atoms with E-state index in [0.29, 0.717) is 55.1 Å². The van der Waals surface area contributed by atoms with Crippen LogP contribution in [0, 0.1) is 17.0 Å². The Morgan fingerprint density at radius 2 is 1.77 bits per heavy atom. The number of nitrogens with one attached hydrogen (secondary N) is 2. The number of likely N-dealkylation sites (tertiary alicyclic amines) is 1. The van der Waals surface area contributed by atoms with E-state index in [-0.39, 0.29) is 54.3 Å². The molecule has 4 amide bonds. The number of hydrogen-bond acceptors (Lipinski definition) is 12. The van der Waals surface area contributed by atoms with Gasteiger partial charge in [0.25, 0.3) is 11.6 Å². The number of aryl methyl sites for hydroxylation is 2. The summed E-state index contributed by atoms with van der Waals surface area (Å²) in [5, 5.41) is 22.3. The third kappa shape index (κ3) is 9.97. The molecule has 0 saturated carbocycles. The maximum atomic E-state index is 13.3. The van der Waals surface area contributed by atoms with Crippen molar-refractivity contribution in [3.63, 3.8) is 0 Å². The highest BCUT2D eigenvalue weighted by molar-refractivity contribution is 6.03. The number of nitrogens with zero attached hydrogens (tertiary/aromatic N) is 6. The second kappa shape index (κ2) is 17.3. The van der Waals surface area contributed by atoms with Crippen LogP contribution in [-0.4, -0.2) is 97.5 Å². The Balaban J connectivity index is 1.25. The first-order valence-electron chi connectivity index (χ1n) is 17.9. The molecule has 5 rings (SSSR count). The highest BCUT2D eigenvalue weighted by atomic mass is 16.6. The zero-order valence-electron chi connectivity index (χ0n) is 31.9. The Hall–Kier alpha value is -6.50. The molecule has 1 aliphatic rings. The molecule has 0 unspecified atom stereocenters. The topological polar surface area (TPSA) is 254 Å². The van der Waals surface area contributed by atoms with Gasteiger partial charge in [-0.3, -0.25) is 34.5 Å². The van der Waals surface area contributed by atoms with Crippen molar-refractivity contribution in [1.82, 2.24) is 24.2 Å². The van der Waals surface area contributed by atoms with Gasteiger partial charge in [-0.25, -0.2) is 9.78 Å². The smallest absolute Gasteiger partial charge is 0.410 e. The van der Waals surface area contributed by atoms with Crippen molar-refractivity contribution in [2.75, 3.05) is 43.5 Å². The highest BCUT2D eigenvalue weighted by Crippen LogP contribution is 2.36. The van der Waals surface area contributed by atoms with Crippen LogP contribution in [0.2, 0.25) is 0 Å². The Morgan fingerprint density at radius 3 is 2.43 bits per heavy atom. The third-order valence-corrected chi connectivity index (χ3v) is 8.51. The molecule has 56 heavy (non-hydrogen) atoms. The van der Waals surface area contributed by atoms with Crippen LogP contribution < -0.4 is 26.8 Å². The van der Waals surface area contributed by atoms with Crippen LogP contribution in [0.15, 0.2) is 48.6 Å². The fraction of sp³-hybridized carbons (Fsp3) is 0.405. The number of imidazole rings is 1. The first-order valence-corrected chi connectivity index (χ1v) is 17.9. The number of rotatable bonds is 17. The van der Waals surface area contributed by atoms with Gasteiger partial charge < -0.3 is 40.5 Å². The number of benzene rings is 2. The number of aromatic nitrogens is 4. The fourth-order valence-electron chi connectivity index (χ4n) is 5.81. The van der Waals surface area contributed by atoms with E-state index >= 15 is 0 Å².